The molecule has 4 nitrogen and oxygen atoms in total. The maximum atomic E-state index is 12.2. The van der Waals surface area contributed by atoms with Crippen LogP contribution in [0.4, 0.5) is 5.69 Å². The summed E-state index contributed by atoms with van der Waals surface area (Å²) < 4.78 is 0. The Hall–Kier alpha value is -1.68. The summed E-state index contributed by atoms with van der Waals surface area (Å²) in [6.45, 7) is 4.89. The second-order valence-corrected chi connectivity index (χ2v) is 4.96. The molecule has 0 spiro atoms. The first-order chi connectivity index (χ1) is 8.59. The number of benzene rings is 1. The maximum Gasteiger partial charge on any atom is 0.251 e. The highest BCUT2D eigenvalue weighted by atomic mass is 16.2. The molecule has 0 saturated carbocycles. The molecule has 0 bridgehead atoms. The van der Waals surface area contributed by atoms with Crippen molar-refractivity contribution in [2.45, 2.75) is 26.3 Å². The fourth-order valence-corrected chi connectivity index (χ4v) is 2.02. The van der Waals surface area contributed by atoms with Crippen molar-refractivity contribution >= 4 is 17.5 Å². The van der Waals surface area contributed by atoms with Crippen LogP contribution in [0.2, 0.25) is 0 Å². The lowest BCUT2D eigenvalue weighted by Crippen LogP contribution is -2.40. The Bertz CT molecular complexity index is 442. The Labute approximate surface area is 107 Å². The monoisotopic (exact) mass is 246 g/mol. The highest BCUT2D eigenvalue weighted by molar-refractivity contribution is 6.22. The van der Waals surface area contributed by atoms with Crippen LogP contribution >= 0.6 is 0 Å². The second-order valence-electron chi connectivity index (χ2n) is 4.96. The summed E-state index contributed by atoms with van der Waals surface area (Å²) in [6.07, 6.45) is 0.250. The van der Waals surface area contributed by atoms with E-state index >= 15 is 0 Å². The second kappa shape index (κ2) is 5.31. The number of para-hydroxylation sites is 1. The van der Waals surface area contributed by atoms with E-state index in [1.54, 1.807) is 12.1 Å². The van der Waals surface area contributed by atoms with Crippen molar-refractivity contribution in [2.24, 2.45) is 5.92 Å². The molecule has 0 unspecified atom stereocenters. The Morgan fingerprint density at radius 3 is 2.56 bits per heavy atom. The summed E-state index contributed by atoms with van der Waals surface area (Å²) in [5.74, 6) is 0.179. The fraction of sp³-hybridized carbons (Fsp3) is 0.429. The Balaban J connectivity index is 2.10. The standard InChI is InChI=1S/C14H18N2O2/c1-10(2)9-15-12-8-13(17)16(14(12)18)11-6-4-3-5-7-11/h3-7,10,12,15H,8-9H2,1-2H3/t12-/m0/s1. The summed E-state index contributed by atoms with van der Waals surface area (Å²) in [6, 6.07) is 8.69. The third-order valence-corrected chi connectivity index (χ3v) is 2.93. The van der Waals surface area contributed by atoms with Crippen molar-refractivity contribution in [3.05, 3.63) is 30.3 Å². The third-order valence-electron chi connectivity index (χ3n) is 2.93. The molecule has 1 aliphatic heterocycles. The molecule has 2 amide bonds. The van der Waals surface area contributed by atoms with Gasteiger partial charge in [0, 0.05) is 0 Å². The Morgan fingerprint density at radius 1 is 1.28 bits per heavy atom. The Morgan fingerprint density at radius 2 is 1.94 bits per heavy atom. The third kappa shape index (κ3) is 2.59. The van der Waals surface area contributed by atoms with Gasteiger partial charge in [0.1, 0.15) is 0 Å². The molecule has 2 rings (SSSR count). The van der Waals surface area contributed by atoms with E-state index in [0.29, 0.717) is 11.6 Å². The molecule has 1 aromatic carbocycles. The van der Waals surface area contributed by atoms with Gasteiger partial charge in [0.25, 0.3) is 5.91 Å². The van der Waals surface area contributed by atoms with Gasteiger partial charge in [0.15, 0.2) is 0 Å². The lowest BCUT2D eigenvalue weighted by Gasteiger charge is -2.16. The average Bonchev–Trinajstić information content (AvgIpc) is 2.63. The van der Waals surface area contributed by atoms with Crippen molar-refractivity contribution in [3.63, 3.8) is 0 Å². The summed E-state index contributed by atoms with van der Waals surface area (Å²) in [4.78, 5) is 25.4. The molecule has 1 N–H and O–H groups in total. The van der Waals surface area contributed by atoms with Crippen LogP contribution in [-0.2, 0) is 9.59 Å². The summed E-state index contributed by atoms with van der Waals surface area (Å²) in [5.41, 5.74) is 0.654. The number of carbonyl (C=O) groups is 2. The highest BCUT2D eigenvalue weighted by Crippen LogP contribution is 2.22. The van der Waals surface area contributed by atoms with Gasteiger partial charge in [-0.25, -0.2) is 4.90 Å². The van der Waals surface area contributed by atoms with Crippen LogP contribution in [0.25, 0.3) is 0 Å². The summed E-state index contributed by atoms with van der Waals surface area (Å²) in [7, 11) is 0. The zero-order chi connectivity index (χ0) is 13.1. The largest absolute Gasteiger partial charge is 0.305 e. The molecule has 1 heterocycles. The molecule has 18 heavy (non-hydrogen) atoms. The van der Waals surface area contributed by atoms with Gasteiger partial charge in [0.2, 0.25) is 5.91 Å². The predicted octanol–water partition coefficient (Wildman–Crippen LogP) is 1.56. The van der Waals surface area contributed by atoms with Crippen LogP contribution in [0.3, 0.4) is 0 Å². The van der Waals surface area contributed by atoms with E-state index in [1.165, 1.54) is 4.90 Å². The van der Waals surface area contributed by atoms with Gasteiger partial charge in [-0.15, -0.1) is 0 Å². The first-order valence-electron chi connectivity index (χ1n) is 6.25. The van der Waals surface area contributed by atoms with E-state index in [9.17, 15) is 9.59 Å². The molecule has 4 heteroatoms. The van der Waals surface area contributed by atoms with Gasteiger partial charge in [-0.05, 0) is 24.6 Å². The van der Waals surface area contributed by atoms with E-state index < -0.39 is 0 Å². The molecule has 0 aliphatic carbocycles. The van der Waals surface area contributed by atoms with Crippen molar-refractivity contribution in [2.75, 3.05) is 11.4 Å². The molecule has 1 aromatic rings. The molecule has 1 aliphatic rings. The number of anilines is 1. The number of hydrogen-bond acceptors (Lipinski definition) is 3. The quantitative estimate of drug-likeness (QED) is 0.820. The topological polar surface area (TPSA) is 49.4 Å². The van der Waals surface area contributed by atoms with Crippen LogP contribution in [0, 0.1) is 5.92 Å². The summed E-state index contributed by atoms with van der Waals surface area (Å²) in [5, 5.41) is 3.15. The Kier molecular flexibility index (Phi) is 3.77. The first kappa shape index (κ1) is 12.8. The minimum absolute atomic E-state index is 0.132. The number of nitrogens with zero attached hydrogens (tertiary/aromatic N) is 1. The number of rotatable bonds is 4. The number of hydrogen-bond donors (Lipinski definition) is 1. The van der Waals surface area contributed by atoms with E-state index in [4.69, 9.17) is 0 Å². The molecule has 0 aromatic heterocycles. The van der Waals surface area contributed by atoms with E-state index in [-0.39, 0.29) is 24.3 Å². The zero-order valence-electron chi connectivity index (χ0n) is 10.7. The normalized spacial score (nSPS) is 19.9. The minimum Gasteiger partial charge on any atom is -0.305 e. The number of nitrogens with one attached hydrogen (secondary N) is 1. The summed E-state index contributed by atoms with van der Waals surface area (Å²) >= 11 is 0. The SMILES string of the molecule is CC(C)CN[C@H]1CC(=O)N(c2ccccc2)C1=O. The van der Waals surface area contributed by atoms with Crippen LogP contribution < -0.4 is 10.2 Å². The van der Waals surface area contributed by atoms with Gasteiger partial charge in [0.05, 0.1) is 18.2 Å². The van der Waals surface area contributed by atoms with Gasteiger partial charge < -0.3 is 5.32 Å². The molecule has 1 atom stereocenters. The molecule has 1 fully saturated rings. The average molecular weight is 246 g/mol. The molecule has 1 saturated heterocycles. The molecular formula is C14H18N2O2. The number of amides is 2. The van der Waals surface area contributed by atoms with Gasteiger partial charge in [-0.1, -0.05) is 32.0 Å². The lowest BCUT2D eigenvalue weighted by molar-refractivity contribution is -0.121. The van der Waals surface area contributed by atoms with Crippen LogP contribution in [0.5, 0.6) is 0 Å². The number of imide groups is 1. The van der Waals surface area contributed by atoms with E-state index in [0.717, 1.165) is 6.54 Å². The van der Waals surface area contributed by atoms with Crippen molar-refractivity contribution < 1.29 is 9.59 Å². The first-order valence-corrected chi connectivity index (χ1v) is 6.25. The van der Waals surface area contributed by atoms with E-state index in [1.807, 2.05) is 18.2 Å². The van der Waals surface area contributed by atoms with Gasteiger partial charge in [-0.2, -0.15) is 0 Å². The van der Waals surface area contributed by atoms with Crippen molar-refractivity contribution in [3.8, 4) is 0 Å². The molecule has 96 valence electrons. The minimum atomic E-state index is -0.375. The van der Waals surface area contributed by atoms with Gasteiger partial charge in [-0.3, -0.25) is 9.59 Å². The zero-order valence-corrected chi connectivity index (χ0v) is 10.7. The van der Waals surface area contributed by atoms with Crippen LogP contribution in [0.1, 0.15) is 20.3 Å². The predicted molar refractivity (Wildman–Crippen MR) is 70.2 cm³/mol. The fourth-order valence-electron chi connectivity index (χ4n) is 2.02. The van der Waals surface area contributed by atoms with E-state index in [2.05, 4.69) is 19.2 Å². The lowest BCUT2D eigenvalue weighted by atomic mass is 10.2. The van der Waals surface area contributed by atoms with Crippen LogP contribution in [-0.4, -0.2) is 24.4 Å². The number of carbonyl (C=O) groups excluding carboxylic acids is 2. The highest BCUT2D eigenvalue weighted by Gasteiger charge is 2.39. The molecule has 0 radical (unpaired) electrons. The van der Waals surface area contributed by atoms with Crippen LogP contribution in [0.15, 0.2) is 30.3 Å². The van der Waals surface area contributed by atoms with Crippen molar-refractivity contribution in [1.29, 1.82) is 0 Å². The maximum absolute atomic E-state index is 12.2. The van der Waals surface area contributed by atoms with Gasteiger partial charge >= 0.3 is 0 Å². The smallest absolute Gasteiger partial charge is 0.251 e. The van der Waals surface area contributed by atoms with Crippen molar-refractivity contribution in [1.82, 2.24) is 5.32 Å². The molecular weight excluding hydrogens is 228 g/mol.